The number of carboxylic acid groups (broad SMARTS) is 1. The molecule has 0 aromatic rings. The van der Waals surface area contributed by atoms with Crippen LogP contribution in [0, 0.1) is 0 Å². The van der Waals surface area contributed by atoms with Crippen LogP contribution in [-0.4, -0.2) is 137 Å². The minimum Gasteiger partial charge on any atom is -0.480 e. The first-order chi connectivity index (χ1) is 19.1. The molecule has 232 valence electrons. The van der Waals surface area contributed by atoms with E-state index in [1.807, 2.05) is 5.32 Å². The van der Waals surface area contributed by atoms with Crippen molar-refractivity contribution in [1.82, 2.24) is 37.2 Å². The summed E-state index contributed by atoms with van der Waals surface area (Å²) in [5, 5.41) is 51.2. The Balaban J connectivity index is 4.41. The van der Waals surface area contributed by atoms with Crippen LogP contribution >= 0.6 is 0 Å². The Bertz CT molecular complexity index is 976. The van der Waals surface area contributed by atoms with E-state index in [1.54, 1.807) is 0 Å². The van der Waals surface area contributed by atoms with Gasteiger partial charge in [-0.2, -0.15) is 0 Å². The summed E-state index contributed by atoms with van der Waals surface area (Å²) in [7, 11) is 0. The number of aliphatic hydroxyl groups is 3. The molecule has 0 aromatic carbocycles. The van der Waals surface area contributed by atoms with E-state index in [0.717, 1.165) is 0 Å². The standard InChI is InChI=1S/C21H36N8O12/c1-9(18(37)29-12(8-31)21(40)41)27-19(38)11(7-30)28-16(36)6-25-14(34)4-23-13(33)3-24-15(35)5-26-20(39)17(22)10(2)32/h9-12,17,30-32H,3-8,22H2,1-2H3,(H,23,33)(H,24,35)(H,25,34)(H,26,39)(H,27,38)(H,28,36)(H,29,37)(H,40,41)/t9-,10+,11-,12-,17-/m0/s1. The lowest BCUT2D eigenvalue weighted by Crippen LogP contribution is -2.57. The van der Waals surface area contributed by atoms with Gasteiger partial charge in [0.05, 0.1) is 45.5 Å². The second kappa shape index (κ2) is 18.8. The maximum Gasteiger partial charge on any atom is 0.328 e. The van der Waals surface area contributed by atoms with Crippen molar-refractivity contribution in [2.24, 2.45) is 5.73 Å². The molecule has 7 amide bonds. The zero-order valence-electron chi connectivity index (χ0n) is 22.3. The Hall–Kier alpha value is -4.40. The average Bonchev–Trinajstić information content (AvgIpc) is 2.92. The molecule has 13 N–H and O–H groups in total. The zero-order chi connectivity index (χ0) is 31.7. The number of amides is 7. The number of nitrogens with one attached hydrogen (secondary N) is 7. The highest BCUT2D eigenvalue weighted by molar-refractivity contribution is 5.95. The number of carbonyl (C=O) groups excluding carboxylic acids is 7. The summed E-state index contributed by atoms with van der Waals surface area (Å²) in [4.78, 5) is 93.9. The van der Waals surface area contributed by atoms with Crippen molar-refractivity contribution >= 4 is 47.3 Å². The van der Waals surface area contributed by atoms with Gasteiger partial charge in [-0.3, -0.25) is 33.6 Å². The van der Waals surface area contributed by atoms with Crippen molar-refractivity contribution in [3.63, 3.8) is 0 Å². The topological polar surface area (TPSA) is 328 Å². The molecular formula is C21H36N8O12. The number of aliphatic carboxylic acids is 1. The molecule has 20 heteroatoms. The summed E-state index contributed by atoms with van der Waals surface area (Å²) in [5.41, 5.74) is 5.39. The van der Waals surface area contributed by atoms with Crippen LogP contribution in [0.4, 0.5) is 0 Å². The van der Waals surface area contributed by atoms with Crippen LogP contribution in [0.15, 0.2) is 0 Å². The number of hydrogen-bond acceptors (Lipinski definition) is 12. The third-order valence-corrected chi connectivity index (χ3v) is 4.97. The SMILES string of the molecule is C[C@H](NC(=O)[C@H](CO)NC(=O)CNC(=O)CNC(=O)CNC(=O)CNC(=O)[C@@H](N)[C@@H](C)O)C(=O)N[C@@H](CO)C(=O)O. The quantitative estimate of drug-likeness (QED) is 0.0704. The highest BCUT2D eigenvalue weighted by Gasteiger charge is 2.26. The Labute approximate surface area is 233 Å². The van der Waals surface area contributed by atoms with Crippen molar-refractivity contribution in [1.29, 1.82) is 0 Å². The predicted molar refractivity (Wildman–Crippen MR) is 135 cm³/mol. The van der Waals surface area contributed by atoms with Gasteiger partial charge in [-0.05, 0) is 13.8 Å². The minimum atomic E-state index is -1.61. The number of nitrogens with two attached hydrogens (primary N) is 1. The van der Waals surface area contributed by atoms with Crippen LogP contribution in [0.3, 0.4) is 0 Å². The number of aliphatic hydroxyl groups excluding tert-OH is 3. The van der Waals surface area contributed by atoms with Crippen LogP contribution in [0.2, 0.25) is 0 Å². The molecule has 0 aliphatic rings. The summed E-state index contributed by atoms with van der Waals surface area (Å²) in [6.45, 7) is -1.65. The van der Waals surface area contributed by atoms with Crippen LogP contribution in [0.25, 0.3) is 0 Å². The second-order valence-corrected chi connectivity index (χ2v) is 8.43. The molecule has 0 unspecified atom stereocenters. The van der Waals surface area contributed by atoms with Gasteiger partial charge in [-0.15, -0.1) is 0 Å². The van der Waals surface area contributed by atoms with Gasteiger partial charge in [0.15, 0.2) is 0 Å². The molecule has 0 fully saturated rings. The van der Waals surface area contributed by atoms with Crippen molar-refractivity contribution in [3.8, 4) is 0 Å². The average molecular weight is 593 g/mol. The molecule has 0 rings (SSSR count). The number of carbonyl (C=O) groups is 8. The first kappa shape index (κ1) is 36.6. The van der Waals surface area contributed by atoms with Crippen LogP contribution in [0.5, 0.6) is 0 Å². The van der Waals surface area contributed by atoms with Crippen molar-refractivity contribution in [2.45, 2.75) is 44.1 Å². The normalized spacial score (nSPS) is 14.1. The number of hydrogen-bond donors (Lipinski definition) is 12. The fourth-order valence-electron chi connectivity index (χ4n) is 2.53. The third kappa shape index (κ3) is 15.1. The van der Waals surface area contributed by atoms with E-state index in [4.69, 9.17) is 15.9 Å². The first-order valence-corrected chi connectivity index (χ1v) is 12.0. The molecule has 0 radical (unpaired) electrons. The molecule has 0 aromatic heterocycles. The van der Waals surface area contributed by atoms with Crippen LogP contribution in [-0.2, 0) is 38.4 Å². The van der Waals surface area contributed by atoms with Gasteiger partial charge in [-0.25, -0.2) is 4.79 Å². The van der Waals surface area contributed by atoms with E-state index in [2.05, 4.69) is 31.9 Å². The largest absolute Gasteiger partial charge is 0.480 e. The summed E-state index contributed by atoms with van der Waals surface area (Å²) in [6, 6.07) is -5.70. The highest BCUT2D eigenvalue weighted by Crippen LogP contribution is 1.91. The lowest BCUT2D eigenvalue weighted by Gasteiger charge is -2.21. The number of carboxylic acids is 1. The monoisotopic (exact) mass is 592 g/mol. The maximum atomic E-state index is 12.2. The Morgan fingerprint density at radius 2 is 1.05 bits per heavy atom. The van der Waals surface area contributed by atoms with E-state index in [9.17, 15) is 48.6 Å². The Morgan fingerprint density at radius 1 is 0.610 bits per heavy atom. The van der Waals surface area contributed by atoms with Gasteiger partial charge < -0.3 is 63.4 Å². The number of rotatable bonds is 18. The van der Waals surface area contributed by atoms with Gasteiger partial charge in [0, 0.05) is 0 Å². The van der Waals surface area contributed by atoms with E-state index < -0.39 is 117 Å². The maximum absolute atomic E-state index is 12.2. The molecule has 41 heavy (non-hydrogen) atoms. The molecular weight excluding hydrogens is 556 g/mol. The summed E-state index contributed by atoms with van der Waals surface area (Å²) in [6.07, 6.45) is -1.14. The highest BCUT2D eigenvalue weighted by atomic mass is 16.4. The second-order valence-electron chi connectivity index (χ2n) is 8.43. The van der Waals surface area contributed by atoms with Gasteiger partial charge in [0.25, 0.3) is 0 Å². The Morgan fingerprint density at radius 3 is 1.46 bits per heavy atom. The van der Waals surface area contributed by atoms with Crippen LogP contribution < -0.4 is 43.0 Å². The third-order valence-electron chi connectivity index (χ3n) is 4.97. The van der Waals surface area contributed by atoms with E-state index in [1.165, 1.54) is 13.8 Å². The fourth-order valence-corrected chi connectivity index (χ4v) is 2.53. The predicted octanol–water partition coefficient (Wildman–Crippen LogP) is -8.30. The summed E-state index contributed by atoms with van der Waals surface area (Å²) >= 11 is 0. The van der Waals surface area contributed by atoms with Gasteiger partial charge in [-0.1, -0.05) is 0 Å². The van der Waals surface area contributed by atoms with Gasteiger partial charge in [0.2, 0.25) is 41.4 Å². The molecule has 0 saturated heterocycles. The van der Waals surface area contributed by atoms with Crippen molar-refractivity contribution in [2.75, 3.05) is 39.4 Å². The molecule has 0 spiro atoms. The molecule has 0 aliphatic carbocycles. The van der Waals surface area contributed by atoms with Crippen molar-refractivity contribution in [3.05, 3.63) is 0 Å². The van der Waals surface area contributed by atoms with E-state index in [-0.39, 0.29) is 0 Å². The molecule has 20 nitrogen and oxygen atoms in total. The molecule has 0 heterocycles. The first-order valence-electron chi connectivity index (χ1n) is 12.0. The van der Waals surface area contributed by atoms with Crippen molar-refractivity contribution < 1.29 is 58.8 Å². The minimum absolute atomic E-state index is 0.518. The van der Waals surface area contributed by atoms with Gasteiger partial charge in [0.1, 0.15) is 24.2 Å². The van der Waals surface area contributed by atoms with E-state index in [0.29, 0.717) is 0 Å². The Kier molecular flexibility index (Phi) is 16.8. The van der Waals surface area contributed by atoms with Gasteiger partial charge >= 0.3 is 5.97 Å². The zero-order valence-corrected chi connectivity index (χ0v) is 22.3. The molecule has 0 saturated carbocycles. The lowest BCUT2D eigenvalue weighted by atomic mass is 10.2. The fraction of sp³-hybridized carbons (Fsp3) is 0.619. The molecule has 0 bridgehead atoms. The van der Waals surface area contributed by atoms with E-state index >= 15 is 0 Å². The smallest absolute Gasteiger partial charge is 0.328 e. The summed E-state index contributed by atoms with van der Waals surface area (Å²) < 4.78 is 0. The lowest BCUT2D eigenvalue weighted by molar-refractivity contribution is -0.143. The van der Waals surface area contributed by atoms with Crippen LogP contribution in [0.1, 0.15) is 13.8 Å². The molecule has 0 aliphatic heterocycles. The summed E-state index contributed by atoms with van der Waals surface area (Å²) in [5.74, 6) is -7.54. The molecule has 5 atom stereocenters.